The summed E-state index contributed by atoms with van der Waals surface area (Å²) in [7, 11) is 1.73. The van der Waals surface area contributed by atoms with Crippen molar-refractivity contribution in [3.8, 4) is 0 Å². The molecule has 0 aliphatic carbocycles. The van der Waals surface area contributed by atoms with Gasteiger partial charge in [0.1, 0.15) is 11.7 Å². The lowest BCUT2D eigenvalue weighted by Crippen LogP contribution is -3.10. The summed E-state index contributed by atoms with van der Waals surface area (Å²) >= 11 is 5.07. The predicted molar refractivity (Wildman–Crippen MR) is 97.6 cm³/mol. The molecule has 2 N–H and O–H groups in total. The van der Waals surface area contributed by atoms with Crippen LogP contribution in [0.4, 0.5) is 11.4 Å². The maximum atomic E-state index is 5.60. The minimum Gasteiger partial charge on any atom is -0.321 e. The molecule has 21 heavy (non-hydrogen) atoms. The number of fused-ring (bicyclic) bond motifs is 1. The number of quaternary nitrogens is 1. The quantitative estimate of drug-likeness (QED) is 0.758. The molecule has 1 aromatic carbocycles. The molecule has 0 spiro atoms. The third-order valence-electron chi connectivity index (χ3n) is 2.91. The smallest absolute Gasteiger partial charge is 0.195 e. The molecule has 116 valence electrons. The Morgan fingerprint density at radius 2 is 2.10 bits per heavy atom. The number of allylic oxidation sites excluding steroid dienone is 1. The van der Waals surface area contributed by atoms with Crippen LogP contribution in [0, 0.1) is 0 Å². The second kappa shape index (κ2) is 8.63. The number of anilines is 1. The molecule has 1 heterocycles. The van der Waals surface area contributed by atoms with Crippen LogP contribution in [0.2, 0.25) is 0 Å². The highest BCUT2D eigenvalue weighted by Crippen LogP contribution is 2.33. The van der Waals surface area contributed by atoms with Crippen LogP contribution < -0.4 is 9.79 Å². The Balaban J connectivity index is 0.00000106. The van der Waals surface area contributed by atoms with Gasteiger partial charge in [0.15, 0.2) is 5.69 Å². The van der Waals surface area contributed by atoms with Gasteiger partial charge in [-0.25, -0.2) is 4.84 Å². The first-order valence-corrected chi connectivity index (χ1v) is 8.65. The predicted octanol–water partition coefficient (Wildman–Crippen LogP) is 4.56. The van der Waals surface area contributed by atoms with E-state index in [0.29, 0.717) is 0 Å². The minimum atomic E-state index is 0.286. The van der Waals surface area contributed by atoms with E-state index in [2.05, 4.69) is 58.4 Å². The van der Waals surface area contributed by atoms with Crippen molar-refractivity contribution in [3.63, 3.8) is 0 Å². The summed E-state index contributed by atoms with van der Waals surface area (Å²) in [5.74, 6) is 0. The third kappa shape index (κ3) is 4.61. The maximum absolute atomic E-state index is 5.60. The van der Waals surface area contributed by atoms with Gasteiger partial charge in [-0.15, -0.1) is 0 Å². The van der Waals surface area contributed by atoms with Crippen molar-refractivity contribution in [2.75, 3.05) is 11.8 Å². The van der Waals surface area contributed by atoms with Gasteiger partial charge in [0.2, 0.25) is 0 Å². The molecule has 1 aromatic rings. The maximum Gasteiger partial charge on any atom is 0.195 e. The Hall–Kier alpha value is -0.750. The zero-order valence-electron chi connectivity index (χ0n) is 13.3. The normalized spacial score (nSPS) is 19.3. The van der Waals surface area contributed by atoms with Crippen LogP contribution in [0.3, 0.4) is 0 Å². The zero-order chi connectivity index (χ0) is 16.0. The summed E-state index contributed by atoms with van der Waals surface area (Å²) in [4.78, 5) is 6.62. The van der Waals surface area contributed by atoms with E-state index in [9.17, 15) is 0 Å². The van der Waals surface area contributed by atoms with E-state index in [1.807, 2.05) is 20.8 Å². The van der Waals surface area contributed by atoms with Crippen molar-refractivity contribution in [2.24, 2.45) is 0 Å². The average molecular weight is 372 g/mol. The first kappa shape index (κ1) is 18.3. The molecule has 0 fully saturated rings. The number of hydrogen-bond donors (Lipinski definition) is 2. The molecule has 1 aliphatic heterocycles. The monoisotopic (exact) mass is 371 g/mol. The Kier molecular flexibility index (Phi) is 7.52. The van der Waals surface area contributed by atoms with Crippen molar-refractivity contribution < 1.29 is 9.90 Å². The molecule has 0 radical (unpaired) electrons. The van der Waals surface area contributed by atoms with Crippen LogP contribution in [0.5, 0.6) is 0 Å². The van der Waals surface area contributed by atoms with E-state index >= 15 is 0 Å². The van der Waals surface area contributed by atoms with E-state index in [1.165, 1.54) is 11.9 Å². The number of hydroxylamine groups is 1. The number of halogens is 1. The SMILES string of the molecule is C=C(C)SNc1cc(Br)cc2c1[NH+](OC)C(C)C=C2.CC. The van der Waals surface area contributed by atoms with Gasteiger partial charge >= 0.3 is 0 Å². The van der Waals surface area contributed by atoms with Gasteiger partial charge in [0, 0.05) is 10.0 Å². The molecule has 3 nitrogen and oxygen atoms in total. The molecule has 2 rings (SSSR count). The topological polar surface area (TPSA) is 25.7 Å². The Morgan fingerprint density at radius 3 is 2.67 bits per heavy atom. The highest BCUT2D eigenvalue weighted by molar-refractivity contribution is 9.10. The third-order valence-corrected chi connectivity index (χ3v) is 4.04. The molecule has 2 atom stereocenters. The molecular formula is C16H24BrN2OS+. The molecule has 0 saturated heterocycles. The Bertz CT molecular complexity index is 531. The van der Waals surface area contributed by atoms with Gasteiger partial charge in [0.05, 0.1) is 7.11 Å². The van der Waals surface area contributed by atoms with E-state index in [1.54, 1.807) is 7.11 Å². The van der Waals surface area contributed by atoms with Crippen LogP contribution in [-0.2, 0) is 4.84 Å². The molecule has 0 saturated carbocycles. The molecule has 0 amide bonds. The van der Waals surface area contributed by atoms with Crippen LogP contribution in [0.25, 0.3) is 6.08 Å². The van der Waals surface area contributed by atoms with Gasteiger partial charge in [-0.2, -0.15) is 5.06 Å². The first-order chi connectivity index (χ1) is 10.0. The summed E-state index contributed by atoms with van der Waals surface area (Å²) in [5.41, 5.74) is 3.34. The van der Waals surface area contributed by atoms with Crippen molar-refractivity contribution in [3.05, 3.63) is 39.7 Å². The Labute approximate surface area is 140 Å². The lowest BCUT2D eigenvalue weighted by molar-refractivity contribution is -1.05. The average Bonchev–Trinajstić information content (AvgIpc) is 2.47. The van der Waals surface area contributed by atoms with E-state index in [-0.39, 0.29) is 6.04 Å². The van der Waals surface area contributed by atoms with Crippen molar-refractivity contribution >= 4 is 45.3 Å². The summed E-state index contributed by atoms with van der Waals surface area (Å²) in [6, 6.07) is 4.46. The summed E-state index contributed by atoms with van der Waals surface area (Å²) in [6.07, 6.45) is 4.30. The molecule has 5 heteroatoms. The van der Waals surface area contributed by atoms with E-state index in [0.717, 1.165) is 31.4 Å². The first-order valence-electron chi connectivity index (χ1n) is 7.04. The lowest BCUT2D eigenvalue weighted by Gasteiger charge is -2.26. The van der Waals surface area contributed by atoms with Gasteiger partial charge in [-0.05, 0) is 55.0 Å². The van der Waals surface area contributed by atoms with Crippen LogP contribution in [-0.4, -0.2) is 13.2 Å². The highest BCUT2D eigenvalue weighted by Gasteiger charge is 2.29. The number of rotatable bonds is 4. The van der Waals surface area contributed by atoms with Gasteiger partial charge in [0.25, 0.3) is 0 Å². The van der Waals surface area contributed by atoms with Crippen molar-refractivity contribution in [1.29, 1.82) is 0 Å². The second-order valence-corrected chi connectivity index (χ2v) is 6.56. The van der Waals surface area contributed by atoms with Crippen LogP contribution in [0.1, 0.15) is 33.3 Å². The van der Waals surface area contributed by atoms with Gasteiger partial charge in [-0.1, -0.05) is 36.4 Å². The lowest BCUT2D eigenvalue weighted by atomic mass is 10.0. The summed E-state index contributed by atoms with van der Waals surface area (Å²) < 4.78 is 4.40. The largest absolute Gasteiger partial charge is 0.321 e. The minimum absolute atomic E-state index is 0.286. The highest BCUT2D eigenvalue weighted by atomic mass is 79.9. The zero-order valence-corrected chi connectivity index (χ0v) is 15.7. The van der Waals surface area contributed by atoms with E-state index in [4.69, 9.17) is 4.84 Å². The number of hydrogen-bond acceptors (Lipinski definition) is 3. The summed E-state index contributed by atoms with van der Waals surface area (Å²) in [6.45, 7) is 12.0. The molecule has 2 unspecified atom stereocenters. The molecule has 0 aromatic heterocycles. The molecule has 1 aliphatic rings. The van der Waals surface area contributed by atoms with Crippen molar-refractivity contribution in [1.82, 2.24) is 0 Å². The summed E-state index contributed by atoms with van der Waals surface area (Å²) in [5, 5.41) is 0.995. The number of nitrogens with one attached hydrogen (secondary N) is 2. The fourth-order valence-corrected chi connectivity index (χ4v) is 3.03. The number of benzene rings is 1. The fourth-order valence-electron chi connectivity index (χ4n) is 2.11. The van der Waals surface area contributed by atoms with Gasteiger partial charge in [-0.3, -0.25) is 0 Å². The molecule has 0 bridgehead atoms. The van der Waals surface area contributed by atoms with E-state index < -0.39 is 0 Å². The Morgan fingerprint density at radius 1 is 1.43 bits per heavy atom. The van der Waals surface area contributed by atoms with Gasteiger partial charge < -0.3 is 4.72 Å². The second-order valence-electron chi connectivity index (χ2n) is 4.54. The van der Waals surface area contributed by atoms with Crippen LogP contribution in [0.15, 0.2) is 34.2 Å². The van der Waals surface area contributed by atoms with Crippen molar-refractivity contribution in [2.45, 2.75) is 33.7 Å². The fraction of sp³-hybridized carbons (Fsp3) is 0.375. The molecular weight excluding hydrogens is 348 g/mol. The van der Waals surface area contributed by atoms with Crippen LogP contribution >= 0.6 is 27.9 Å². The standard InChI is InChI=1S/C14H17BrN2OS.C2H6/c1-9(2)19-16-13-8-12(15)7-11-6-5-10(3)17(18-4)14(11)13;1-2/h5-8,10,16H,1H2,2-4H3;1-2H3/p+1.